The van der Waals surface area contributed by atoms with Crippen LogP contribution in [0.1, 0.15) is 20.3 Å². The topological polar surface area (TPSA) is 32.5 Å². The zero-order chi connectivity index (χ0) is 13.9. The number of benzene rings is 1. The summed E-state index contributed by atoms with van der Waals surface area (Å²) in [4.78, 5) is 4.87. The van der Waals surface area contributed by atoms with Crippen LogP contribution in [0.4, 0.5) is 5.69 Å². The molecule has 1 aromatic carbocycles. The molecule has 1 aromatic rings. The van der Waals surface area contributed by atoms with Gasteiger partial charge in [-0.2, -0.15) is 0 Å². The molecule has 0 aromatic heterocycles. The third-order valence-corrected chi connectivity index (χ3v) is 4.34. The highest BCUT2D eigenvalue weighted by Gasteiger charge is 2.33. The Kier molecular flexibility index (Phi) is 8.64. The van der Waals surface area contributed by atoms with Gasteiger partial charge in [0.15, 0.2) is 0 Å². The lowest BCUT2D eigenvalue weighted by atomic mass is 9.80. The van der Waals surface area contributed by atoms with Gasteiger partial charge >= 0.3 is 0 Å². The average molecular weight is 334 g/mol. The molecule has 0 spiro atoms. The molecule has 1 heterocycles. The third kappa shape index (κ3) is 5.67. The number of likely N-dealkylation sites (tertiary alicyclic amines) is 1. The Hall–Kier alpha value is -0.480. The Morgan fingerprint density at radius 2 is 1.86 bits per heavy atom. The monoisotopic (exact) mass is 333 g/mol. The van der Waals surface area contributed by atoms with E-state index < -0.39 is 0 Å². The summed E-state index contributed by atoms with van der Waals surface area (Å²) >= 11 is 0. The number of hydrogen-bond acceptors (Lipinski definition) is 3. The molecule has 0 saturated carbocycles. The molecule has 1 aliphatic heterocycles. The molecule has 0 aliphatic carbocycles. The Bertz CT molecular complexity index is 398. The average Bonchev–Trinajstić information content (AvgIpc) is 2.40. The van der Waals surface area contributed by atoms with E-state index in [-0.39, 0.29) is 30.2 Å². The lowest BCUT2D eigenvalue weighted by Gasteiger charge is -2.43. The highest BCUT2D eigenvalue weighted by molar-refractivity contribution is 5.85. The molecule has 3 nitrogen and oxygen atoms in total. The Labute approximate surface area is 141 Å². The van der Waals surface area contributed by atoms with Crippen LogP contribution in [0.25, 0.3) is 0 Å². The molecule has 1 atom stereocenters. The van der Waals surface area contributed by atoms with E-state index in [1.54, 1.807) is 0 Å². The van der Waals surface area contributed by atoms with E-state index in [4.69, 9.17) is 5.73 Å². The molecule has 122 valence electrons. The zero-order valence-electron chi connectivity index (χ0n) is 13.3. The first kappa shape index (κ1) is 20.5. The highest BCUT2D eigenvalue weighted by Crippen LogP contribution is 2.27. The number of anilines is 1. The number of nitrogens with two attached hydrogens (primary N) is 1. The Balaban J connectivity index is 0.00000200. The second-order valence-electron chi connectivity index (χ2n) is 6.42. The van der Waals surface area contributed by atoms with Crippen LogP contribution in [0.15, 0.2) is 30.3 Å². The van der Waals surface area contributed by atoms with Crippen molar-refractivity contribution in [3.8, 4) is 0 Å². The van der Waals surface area contributed by atoms with Crippen LogP contribution in [0, 0.1) is 5.41 Å². The molecule has 2 rings (SSSR count). The predicted octanol–water partition coefficient (Wildman–Crippen LogP) is 3.03. The molecule has 0 amide bonds. The van der Waals surface area contributed by atoms with Gasteiger partial charge in [0.1, 0.15) is 0 Å². The fourth-order valence-electron chi connectivity index (χ4n) is 2.78. The highest BCUT2D eigenvalue weighted by atomic mass is 35.5. The first-order valence-corrected chi connectivity index (χ1v) is 7.23. The van der Waals surface area contributed by atoms with Crippen LogP contribution in [0.2, 0.25) is 0 Å². The molecule has 2 N–H and O–H groups in total. The summed E-state index contributed by atoms with van der Waals surface area (Å²) in [5.74, 6) is 0. The van der Waals surface area contributed by atoms with E-state index in [1.165, 1.54) is 5.69 Å². The van der Waals surface area contributed by atoms with Gasteiger partial charge in [-0.15, -0.1) is 24.8 Å². The van der Waals surface area contributed by atoms with E-state index >= 15 is 0 Å². The number of para-hydroxylation sites is 1. The van der Waals surface area contributed by atoms with E-state index in [1.807, 2.05) is 0 Å². The summed E-state index contributed by atoms with van der Waals surface area (Å²) in [5.41, 5.74) is 7.71. The van der Waals surface area contributed by atoms with Gasteiger partial charge in [0.2, 0.25) is 0 Å². The minimum atomic E-state index is 0. The molecule has 5 heteroatoms. The molecular weight excluding hydrogens is 305 g/mol. The number of rotatable bonds is 4. The van der Waals surface area contributed by atoms with E-state index in [0.29, 0.717) is 6.04 Å². The summed E-state index contributed by atoms with van der Waals surface area (Å²) in [6.45, 7) is 8.98. The minimum Gasteiger partial charge on any atom is -0.373 e. The van der Waals surface area contributed by atoms with Crippen LogP contribution in [-0.2, 0) is 0 Å². The lowest BCUT2D eigenvalue weighted by molar-refractivity contribution is 0.0978. The molecule has 0 radical (unpaired) electrons. The van der Waals surface area contributed by atoms with Gasteiger partial charge in [-0.05, 0) is 30.5 Å². The minimum absolute atomic E-state index is 0. The summed E-state index contributed by atoms with van der Waals surface area (Å²) in [7, 11) is 2.16. The molecule has 1 saturated heterocycles. The first-order valence-electron chi connectivity index (χ1n) is 7.23. The lowest BCUT2D eigenvalue weighted by Crippen LogP contribution is -2.53. The van der Waals surface area contributed by atoms with Crippen molar-refractivity contribution >= 4 is 30.5 Å². The van der Waals surface area contributed by atoms with Crippen molar-refractivity contribution < 1.29 is 0 Å². The Morgan fingerprint density at radius 3 is 2.43 bits per heavy atom. The van der Waals surface area contributed by atoms with Crippen molar-refractivity contribution in [2.24, 2.45) is 11.1 Å². The van der Waals surface area contributed by atoms with Gasteiger partial charge in [-0.25, -0.2) is 0 Å². The summed E-state index contributed by atoms with van der Waals surface area (Å²) in [5, 5.41) is 0. The second-order valence-corrected chi connectivity index (χ2v) is 6.42. The quantitative estimate of drug-likeness (QED) is 0.919. The second kappa shape index (κ2) is 8.84. The van der Waals surface area contributed by atoms with Crippen LogP contribution in [-0.4, -0.2) is 44.2 Å². The first-order chi connectivity index (χ1) is 8.99. The smallest absolute Gasteiger partial charge is 0.0364 e. The van der Waals surface area contributed by atoms with E-state index in [0.717, 1.165) is 32.6 Å². The maximum atomic E-state index is 6.18. The van der Waals surface area contributed by atoms with Crippen molar-refractivity contribution in [1.82, 2.24) is 4.90 Å². The van der Waals surface area contributed by atoms with E-state index in [2.05, 4.69) is 61.0 Å². The van der Waals surface area contributed by atoms with Crippen molar-refractivity contribution in [3.63, 3.8) is 0 Å². The number of likely N-dealkylation sites (N-methyl/N-ethyl adjacent to an activating group) is 1. The molecule has 1 aliphatic rings. The maximum absolute atomic E-state index is 6.18. The maximum Gasteiger partial charge on any atom is 0.0364 e. The molecule has 21 heavy (non-hydrogen) atoms. The predicted molar refractivity (Wildman–Crippen MR) is 97.0 cm³/mol. The van der Waals surface area contributed by atoms with Gasteiger partial charge in [-0.3, -0.25) is 0 Å². The van der Waals surface area contributed by atoms with Crippen LogP contribution in [0.3, 0.4) is 0 Å². The summed E-state index contributed by atoms with van der Waals surface area (Å²) in [6.07, 6.45) is 1.11. The Morgan fingerprint density at radius 1 is 1.24 bits per heavy atom. The van der Waals surface area contributed by atoms with E-state index in [9.17, 15) is 0 Å². The normalized spacial score (nSPS) is 21.0. The van der Waals surface area contributed by atoms with Crippen molar-refractivity contribution in [1.29, 1.82) is 0 Å². The van der Waals surface area contributed by atoms with Crippen LogP contribution >= 0.6 is 24.8 Å². The van der Waals surface area contributed by atoms with Crippen molar-refractivity contribution in [2.75, 3.05) is 38.1 Å². The molecule has 0 bridgehead atoms. The molecular formula is C16H29Cl2N3. The fraction of sp³-hybridized carbons (Fsp3) is 0.625. The number of hydrogen-bond donors (Lipinski definition) is 1. The van der Waals surface area contributed by atoms with Gasteiger partial charge in [0, 0.05) is 38.4 Å². The number of halogens is 2. The van der Waals surface area contributed by atoms with Gasteiger partial charge in [0.25, 0.3) is 0 Å². The van der Waals surface area contributed by atoms with Gasteiger partial charge in [0.05, 0.1) is 0 Å². The van der Waals surface area contributed by atoms with Crippen LogP contribution < -0.4 is 10.6 Å². The summed E-state index contributed by atoms with van der Waals surface area (Å²) in [6, 6.07) is 10.9. The fourth-order valence-corrected chi connectivity index (χ4v) is 2.78. The number of piperidine rings is 1. The van der Waals surface area contributed by atoms with Gasteiger partial charge < -0.3 is 15.5 Å². The van der Waals surface area contributed by atoms with Crippen LogP contribution in [0.5, 0.6) is 0 Å². The SMILES string of the molecule is CN(CCN1CCC(N)C(C)(C)C1)c1ccccc1.Cl.Cl. The van der Waals surface area contributed by atoms with Gasteiger partial charge in [-0.1, -0.05) is 32.0 Å². The summed E-state index contributed by atoms with van der Waals surface area (Å²) < 4.78 is 0. The van der Waals surface area contributed by atoms with Crippen molar-refractivity contribution in [3.05, 3.63) is 30.3 Å². The third-order valence-electron chi connectivity index (χ3n) is 4.34. The molecule has 1 fully saturated rings. The standard InChI is InChI=1S/C16H27N3.2ClH/c1-16(2)13-19(10-9-15(16)17)12-11-18(3)14-7-5-4-6-8-14;;/h4-8,15H,9-13,17H2,1-3H3;2*1H. The molecule has 1 unspecified atom stereocenters. The zero-order valence-corrected chi connectivity index (χ0v) is 14.9. The number of nitrogens with zero attached hydrogens (tertiary/aromatic N) is 2. The largest absolute Gasteiger partial charge is 0.373 e. The van der Waals surface area contributed by atoms with Crippen molar-refractivity contribution in [2.45, 2.75) is 26.3 Å².